The van der Waals surface area contributed by atoms with Gasteiger partial charge in [0.1, 0.15) is 5.82 Å². The molecule has 3 heterocycles. The van der Waals surface area contributed by atoms with Crippen LogP contribution in [0.4, 0.5) is 17.5 Å². The van der Waals surface area contributed by atoms with Gasteiger partial charge >= 0.3 is 0 Å². The molecular weight excluding hydrogens is 298 g/mol. The molecule has 0 spiro atoms. The monoisotopic (exact) mass is 323 g/mol. The van der Waals surface area contributed by atoms with Crippen LogP contribution in [0.25, 0.3) is 0 Å². The number of aryl methyl sites for hydroxylation is 1. The first-order valence-electron chi connectivity index (χ1n) is 8.95. The van der Waals surface area contributed by atoms with Crippen molar-refractivity contribution in [2.24, 2.45) is 0 Å². The number of hydrogen-bond donors (Lipinski definition) is 0. The molecule has 0 unspecified atom stereocenters. The molecule has 0 aliphatic carbocycles. The summed E-state index contributed by atoms with van der Waals surface area (Å²) in [5, 5.41) is 0. The zero-order chi connectivity index (χ0) is 16.4. The highest BCUT2D eigenvalue weighted by Crippen LogP contribution is 2.23. The summed E-state index contributed by atoms with van der Waals surface area (Å²) in [6, 6.07) is 12.8. The van der Waals surface area contributed by atoms with Crippen molar-refractivity contribution in [3.63, 3.8) is 0 Å². The molecule has 2 saturated heterocycles. The summed E-state index contributed by atoms with van der Waals surface area (Å²) in [7, 11) is 0. The van der Waals surface area contributed by atoms with E-state index in [9.17, 15) is 0 Å². The third kappa shape index (κ3) is 3.16. The van der Waals surface area contributed by atoms with E-state index in [1.165, 1.54) is 18.5 Å². The van der Waals surface area contributed by atoms with Crippen molar-refractivity contribution < 1.29 is 0 Å². The van der Waals surface area contributed by atoms with Gasteiger partial charge in [0.05, 0.1) is 0 Å². The molecule has 5 heteroatoms. The number of para-hydroxylation sites is 1. The molecule has 0 bridgehead atoms. The summed E-state index contributed by atoms with van der Waals surface area (Å²) < 4.78 is 0. The standard InChI is InChI=1S/C19H25N5/c1-16-15-18(21-19(20-16)24-9-5-6-10-24)23-13-11-22(12-14-23)17-7-3-2-4-8-17/h2-4,7-8,15H,5-6,9-14H2,1H3. The van der Waals surface area contributed by atoms with Crippen LogP contribution in [-0.2, 0) is 0 Å². The van der Waals surface area contributed by atoms with Gasteiger partial charge in [0.2, 0.25) is 5.95 Å². The van der Waals surface area contributed by atoms with Gasteiger partial charge in [-0.15, -0.1) is 0 Å². The van der Waals surface area contributed by atoms with Gasteiger partial charge < -0.3 is 14.7 Å². The van der Waals surface area contributed by atoms with Crippen molar-refractivity contribution in [1.82, 2.24) is 9.97 Å². The minimum atomic E-state index is 0.910. The summed E-state index contributed by atoms with van der Waals surface area (Å²) in [5.74, 6) is 1.99. The minimum Gasteiger partial charge on any atom is -0.368 e. The lowest BCUT2D eigenvalue weighted by atomic mass is 10.2. The van der Waals surface area contributed by atoms with Gasteiger partial charge in [-0.25, -0.2) is 4.98 Å². The van der Waals surface area contributed by atoms with Gasteiger partial charge in [0, 0.05) is 56.7 Å². The number of benzene rings is 1. The average Bonchev–Trinajstić information content (AvgIpc) is 3.17. The zero-order valence-electron chi connectivity index (χ0n) is 14.4. The molecule has 0 radical (unpaired) electrons. The van der Waals surface area contributed by atoms with Crippen LogP contribution in [-0.4, -0.2) is 49.2 Å². The fourth-order valence-corrected chi connectivity index (χ4v) is 3.59. The molecule has 1 aromatic heterocycles. The van der Waals surface area contributed by atoms with Crippen molar-refractivity contribution >= 4 is 17.5 Å². The van der Waals surface area contributed by atoms with E-state index < -0.39 is 0 Å². The van der Waals surface area contributed by atoms with Crippen LogP contribution < -0.4 is 14.7 Å². The third-order valence-corrected chi connectivity index (χ3v) is 4.94. The lowest BCUT2D eigenvalue weighted by molar-refractivity contribution is 0.645. The van der Waals surface area contributed by atoms with Crippen LogP contribution in [0.3, 0.4) is 0 Å². The highest BCUT2D eigenvalue weighted by molar-refractivity contribution is 5.51. The van der Waals surface area contributed by atoms with Crippen molar-refractivity contribution in [1.29, 1.82) is 0 Å². The Balaban J connectivity index is 1.47. The molecule has 2 aliphatic heterocycles. The first kappa shape index (κ1) is 15.2. The molecule has 1 aromatic carbocycles. The topological polar surface area (TPSA) is 35.5 Å². The Morgan fingerprint density at radius 3 is 2.12 bits per heavy atom. The Morgan fingerprint density at radius 2 is 1.42 bits per heavy atom. The van der Waals surface area contributed by atoms with Crippen LogP contribution in [0.2, 0.25) is 0 Å². The van der Waals surface area contributed by atoms with Crippen molar-refractivity contribution in [3.8, 4) is 0 Å². The minimum absolute atomic E-state index is 0.910. The first-order chi connectivity index (χ1) is 11.8. The van der Waals surface area contributed by atoms with Gasteiger partial charge in [-0.1, -0.05) is 18.2 Å². The highest BCUT2D eigenvalue weighted by Gasteiger charge is 2.21. The summed E-state index contributed by atoms with van der Waals surface area (Å²) in [4.78, 5) is 16.7. The lowest BCUT2D eigenvalue weighted by Gasteiger charge is -2.37. The number of rotatable bonds is 3. The zero-order valence-corrected chi connectivity index (χ0v) is 14.4. The second kappa shape index (κ2) is 6.67. The van der Waals surface area contributed by atoms with E-state index in [4.69, 9.17) is 4.98 Å². The molecule has 24 heavy (non-hydrogen) atoms. The molecule has 0 saturated carbocycles. The predicted molar refractivity (Wildman–Crippen MR) is 99.1 cm³/mol. The number of hydrogen-bond acceptors (Lipinski definition) is 5. The molecule has 2 aromatic rings. The second-order valence-corrected chi connectivity index (χ2v) is 6.67. The van der Waals surface area contributed by atoms with Crippen LogP contribution in [0.1, 0.15) is 18.5 Å². The number of nitrogens with zero attached hydrogens (tertiary/aromatic N) is 5. The van der Waals surface area contributed by atoms with E-state index in [1.54, 1.807) is 0 Å². The molecular formula is C19H25N5. The molecule has 2 aliphatic rings. The van der Waals surface area contributed by atoms with E-state index in [1.807, 2.05) is 0 Å². The van der Waals surface area contributed by atoms with Gasteiger partial charge in [0.25, 0.3) is 0 Å². The Labute approximate surface area is 143 Å². The van der Waals surface area contributed by atoms with Crippen LogP contribution in [0.5, 0.6) is 0 Å². The van der Waals surface area contributed by atoms with Crippen LogP contribution >= 0.6 is 0 Å². The fourth-order valence-electron chi connectivity index (χ4n) is 3.59. The van der Waals surface area contributed by atoms with E-state index in [2.05, 4.69) is 63.0 Å². The first-order valence-corrected chi connectivity index (χ1v) is 8.95. The SMILES string of the molecule is Cc1cc(N2CCN(c3ccccc3)CC2)nc(N2CCCC2)n1. The highest BCUT2D eigenvalue weighted by atomic mass is 15.3. The largest absolute Gasteiger partial charge is 0.368 e. The van der Waals surface area contributed by atoms with E-state index >= 15 is 0 Å². The summed E-state index contributed by atoms with van der Waals surface area (Å²) >= 11 is 0. The van der Waals surface area contributed by atoms with Gasteiger partial charge in [0.15, 0.2) is 0 Å². The van der Waals surface area contributed by atoms with Gasteiger partial charge in [-0.2, -0.15) is 4.98 Å². The van der Waals surface area contributed by atoms with E-state index in [0.29, 0.717) is 0 Å². The smallest absolute Gasteiger partial charge is 0.227 e. The normalized spacial score (nSPS) is 18.3. The molecule has 126 valence electrons. The van der Waals surface area contributed by atoms with Crippen molar-refractivity contribution in [2.75, 3.05) is 54.0 Å². The lowest BCUT2D eigenvalue weighted by Crippen LogP contribution is -2.47. The Morgan fingerprint density at radius 1 is 0.750 bits per heavy atom. The Hall–Kier alpha value is -2.30. The molecule has 0 N–H and O–H groups in total. The third-order valence-electron chi connectivity index (χ3n) is 4.94. The quantitative estimate of drug-likeness (QED) is 0.868. The number of piperazine rings is 1. The van der Waals surface area contributed by atoms with E-state index in [-0.39, 0.29) is 0 Å². The maximum absolute atomic E-state index is 4.86. The van der Waals surface area contributed by atoms with Crippen LogP contribution in [0.15, 0.2) is 36.4 Å². The summed E-state index contributed by atoms with van der Waals surface area (Å²) in [6.45, 7) is 8.33. The summed E-state index contributed by atoms with van der Waals surface area (Å²) in [5.41, 5.74) is 2.38. The molecule has 0 atom stereocenters. The van der Waals surface area contributed by atoms with Crippen molar-refractivity contribution in [3.05, 3.63) is 42.1 Å². The van der Waals surface area contributed by atoms with Gasteiger partial charge in [-0.3, -0.25) is 0 Å². The number of aromatic nitrogens is 2. The Kier molecular flexibility index (Phi) is 4.24. The van der Waals surface area contributed by atoms with Crippen molar-refractivity contribution in [2.45, 2.75) is 19.8 Å². The molecule has 4 rings (SSSR count). The van der Waals surface area contributed by atoms with Gasteiger partial charge in [-0.05, 0) is 31.9 Å². The van der Waals surface area contributed by atoms with Crippen LogP contribution in [0, 0.1) is 6.92 Å². The second-order valence-electron chi connectivity index (χ2n) is 6.67. The number of anilines is 3. The van der Waals surface area contributed by atoms with E-state index in [0.717, 1.165) is 56.7 Å². The average molecular weight is 323 g/mol. The Bertz CT molecular complexity index is 673. The maximum Gasteiger partial charge on any atom is 0.227 e. The summed E-state index contributed by atoms with van der Waals surface area (Å²) in [6.07, 6.45) is 2.50. The predicted octanol–water partition coefficient (Wildman–Crippen LogP) is 2.71. The molecule has 2 fully saturated rings. The molecule has 5 nitrogen and oxygen atoms in total. The molecule has 0 amide bonds. The maximum atomic E-state index is 4.86. The fraction of sp³-hybridized carbons (Fsp3) is 0.474.